The van der Waals surface area contributed by atoms with E-state index in [4.69, 9.17) is 28.9 Å². The molecule has 3 N–H and O–H groups in total. The van der Waals surface area contributed by atoms with Gasteiger partial charge in [-0.15, -0.1) is 0 Å². The van der Waals surface area contributed by atoms with E-state index < -0.39 is 10.0 Å². The van der Waals surface area contributed by atoms with Gasteiger partial charge in [-0.2, -0.15) is 0 Å². The van der Waals surface area contributed by atoms with Crippen molar-refractivity contribution in [3.05, 3.63) is 22.2 Å². The lowest BCUT2D eigenvalue weighted by molar-refractivity contribution is 0.242. The standard InChI is InChI=1S/C14H20Cl2N2O2S/c1-8-3-4-11(5-9(8)2)18-21(19,20)14-12(15)6-10(17)7-13(14)16/h6-9,11,18H,3-5,17H2,1-2H3. The Kier molecular flexibility index (Phi) is 5.08. The van der Waals surface area contributed by atoms with Crippen molar-refractivity contribution >= 4 is 38.9 Å². The molecule has 0 radical (unpaired) electrons. The van der Waals surface area contributed by atoms with Crippen LogP contribution in [0.15, 0.2) is 17.0 Å². The van der Waals surface area contributed by atoms with Crippen LogP contribution in [0.4, 0.5) is 5.69 Å². The molecule has 0 saturated heterocycles. The first-order valence-electron chi connectivity index (χ1n) is 6.97. The Morgan fingerprint density at radius 3 is 2.24 bits per heavy atom. The van der Waals surface area contributed by atoms with Crippen molar-refractivity contribution in [1.29, 1.82) is 0 Å². The van der Waals surface area contributed by atoms with Crippen LogP contribution in [0, 0.1) is 11.8 Å². The summed E-state index contributed by atoms with van der Waals surface area (Å²) in [4.78, 5) is -0.0914. The Labute approximate surface area is 136 Å². The van der Waals surface area contributed by atoms with Crippen LogP contribution in [0.3, 0.4) is 0 Å². The van der Waals surface area contributed by atoms with Crippen molar-refractivity contribution in [1.82, 2.24) is 4.72 Å². The zero-order chi connectivity index (χ0) is 15.8. The molecule has 3 unspecified atom stereocenters. The van der Waals surface area contributed by atoms with Crippen molar-refractivity contribution in [3.63, 3.8) is 0 Å². The van der Waals surface area contributed by atoms with Crippen LogP contribution < -0.4 is 10.5 Å². The largest absolute Gasteiger partial charge is 0.399 e. The molecule has 2 rings (SSSR count). The van der Waals surface area contributed by atoms with E-state index in [1.54, 1.807) is 0 Å². The molecule has 1 aromatic rings. The predicted octanol–water partition coefficient (Wildman–Crippen LogP) is 3.68. The summed E-state index contributed by atoms with van der Waals surface area (Å²) in [7, 11) is -3.75. The van der Waals surface area contributed by atoms with Crippen molar-refractivity contribution < 1.29 is 8.42 Å². The maximum atomic E-state index is 12.5. The van der Waals surface area contributed by atoms with Gasteiger partial charge in [-0.1, -0.05) is 37.0 Å². The number of rotatable bonds is 3. The molecule has 0 heterocycles. The van der Waals surface area contributed by atoms with Gasteiger partial charge in [-0.05, 0) is 43.2 Å². The summed E-state index contributed by atoms with van der Waals surface area (Å²) in [6.07, 6.45) is 2.66. The van der Waals surface area contributed by atoms with E-state index in [1.807, 2.05) is 0 Å². The van der Waals surface area contributed by atoms with Gasteiger partial charge in [0.25, 0.3) is 0 Å². The number of nitrogens with one attached hydrogen (secondary N) is 1. The van der Waals surface area contributed by atoms with Crippen LogP contribution in [-0.2, 0) is 10.0 Å². The number of sulfonamides is 1. The van der Waals surface area contributed by atoms with Crippen LogP contribution in [-0.4, -0.2) is 14.5 Å². The van der Waals surface area contributed by atoms with Crippen LogP contribution in [0.5, 0.6) is 0 Å². The predicted molar refractivity (Wildman–Crippen MR) is 87.2 cm³/mol. The molecule has 1 fully saturated rings. The zero-order valence-corrected chi connectivity index (χ0v) is 14.4. The van der Waals surface area contributed by atoms with Crippen LogP contribution in [0.1, 0.15) is 33.1 Å². The number of hydrogen-bond acceptors (Lipinski definition) is 3. The fourth-order valence-corrected chi connectivity index (χ4v) is 5.28. The third-order valence-corrected chi connectivity index (χ3v) is 6.65. The van der Waals surface area contributed by atoms with Gasteiger partial charge in [-0.25, -0.2) is 13.1 Å². The lowest BCUT2D eigenvalue weighted by atomic mass is 9.79. The summed E-state index contributed by atoms with van der Waals surface area (Å²) in [5, 5.41) is 0.0921. The van der Waals surface area contributed by atoms with Gasteiger partial charge in [-0.3, -0.25) is 0 Å². The highest BCUT2D eigenvalue weighted by atomic mass is 35.5. The Bertz CT molecular complexity index is 611. The van der Waals surface area contributed by atoms with Crippen molar-refractivity contribution in [2.75, 3.05) is 5.73 Å². The highest BCUT2D eigenvalue weighted by Crippen LogP contribution is 2.34. The number of benzene rings is 1. The average Bonchev–Trinajstić information content (AvgIpc) is 2.31. The fraction of sp³-hybridized carbons (Fsp3) is 0.571. The van der Waals surface area contributed by atoms with Gasteiger partial charge in [0, 0.05) is 11.7 Å². The minimum atomic E-state index is -3.75. The van der Waals surface area contributed by atoms with Crippen LogP contribution in [0.2, 0.25) is 10.0 Å². The molecule has 0 aromatic heterocycles. The lowest BCUT2D eigenvalue weighted by Crippen LogP contribution is -2.40. The maximum absolute atomic E-state index is 12.5. The van der Waals surface area contributed by atoms with Crippen LogP contribution >= 0.6 is 23.2 Å². The summed E-state index contributed by atoms with van der Waals surface area (Å²) < 4.78 is 27.8. The van der Waals surface area contributed by atoms with Gasteiger partial charge >= 0.3 is 0 Å². The molecular formula is C14H20Cl2N2O2S. The van der Waals surface area contributed by atoms with Crippen molar-refractivity contribution in [2.45, 2.75) is 44.0 Å². The maximum Gasteiger partial charge on any atom is 0.243 e. The van der Waals surface area contributed by atoms with E-state index in [0.29, 0.717) is 17.5 Å². The molecule has 4 nitrogen and oxygen atoms in total. The van der Waals surface area contributed by atoms with E-state index in [1.165, 1.54) is 12.1 Å². The Morgan fingerprint density at radius 2 is 1.71 bits per heavy atom. The quantitative estimate of drug-likeness (QED) is 0.816. The zero-order valence-electron chi connectivity index (χ0n) is 12.1. The number of nitrogen functional groups attached to an aromatic ring is 1. The smallest absolute Gasteiger partial charge is 0.243 e. The highest BCUT2D eigenvalue weighted by molar-refractivity contribution is 7.89. The second kappa shape index (κ2) is 6.32. The molecule has 0 amide bonds. The first-order valence-corrected chi connectivity index (χ1v) is 9.21. The SMILES string of the molecule is CC1CCC(NS(=O)(=O)c2c(Cl)cc(N)cc2Cl)CC1C. The fourth-order valence-electron chi connectivity index (χ4n) is 2.77. The molecule has 0 aliphatic heterocycles. The van der Waals surface area contributed by atoms with E-state index in [9.17, 15) is 8.42 Å². The van der Waals surface area contributed by atoms with E-state index in [-0.39, 0.29) is 21.0 Å². The minimum absolute atomic E-state index is 0.0460. The summed E-state index contributed by atoms with van der Waals surface area (Å²) in [6, 6.07) is 2.71. The van der Waals surface area contributed by atoms with E-state index in [0.717, 1.165) is 19.3 Å². The highest BCUT2D eigenvalue weighted by Gasteiger charge is 2.30. The van der Waals surface area contributed by atoms with Crippen molar-refractivity contribution in [3.8, 4) is 0 Å². The molecule has 1 aliphatic rings. The number of nitrogens with two attached hydrogens (primary N) is 1. The van der Waals surface area contributed by atoms with Gasteiger partial charge in [0.2, 0.25) is 10.0 Å². The first kappa shape index (κ1) is 16.9. The summed E-state index contributed by atoms with van der Waals surface area (Å²) in [5.41, 5.74) is 5.94. The van der Waals surface area contributed by atoms with Gasteiger partial charge < -0.3 is 5.73 Å². The molecule has 1 aromatic carbocycles. The number of hydrogen-bond donors (Lipinski definition) is 2. The first-order chi connectivity index (χ1) is 9.70. The number of halogens is 2. The van der Waals surface area contributed by atoms with Crippen molar-refractivity contribution in [2.24, 2.45) is 11.8 Å². The third kappa shape index (κ3) is 3.83. The summed E-state index contributed by atoms with van der Waals surface area (Å²) in [5.74, 6) is 1.11. The monoisotopic (exact) mass is 350 g/mol. The minimum Gasteiger partial charge on any atom is -0.399 e. The molecule has 0 spiro atoms. The molecule has 118 valence electrons. The second-order valence-electron chi connectivity index (χ2n) is 5.90. The molecule has 21 heavy (non-hydrogen) atoms. The Morgan fingerprint density at radius 1 is 1.14 bits per heavy atom. The molecule has 3 atom stereocenters. The molecular weight excluding hydrogens is 331 g/mol. The van der Waals surface area contributed by atoms with E-state index >= 15 is 0 Å². The molecule has 0 bridgehead atoms. The lowest BCUT2D eigenvalue weighted by Gasteiger charge is -2.32. The second-order valence-corrected chi connectivity index (χ2v) is 8.36. The molecule has 7 heteroatoms. The Balaban J connectivity index is 2.24. The third-order valence-electron chi connectivity index (χ3n) is 4.21. The summed E-state index contributed by atoms with van der Waals surface area (Å²) in [6.45, 7) is 4.34. The topological polar surface area (TPSA) is 72.2 Å². The van der Waals surface area contributed by atoms with Gasteiger partial charge in [0.05, 0.1) is 10.0 Å². The molecule has 1 aliphatic carbocycles. The van der Waals surface area contributed by atoms with Gasteiger partial charge in [0.1, 0.15) is 4.90 Å². The molecule has 1 saturated carbocycles. The van der Waals surface area contributed by atoms with E-state index in [2.05, 4.69) is 18.6 Å². The average molecular weight is 351 g/mol. The van der Waals surface area contributed by atoms with Crippen LogP contribution in [0.25, 0.3) is 0 Å². The summed E-state index contributed by atoms with van der Waals surface area (Å²) >= 11 is 12.0. The number of anilines is 1. The Hall–Kier alpha value is -0.490. The van der Waals surface area contributed by atoms with Gasteiger partial charge in [0.15, 0.2) is 0 Å². The normalized spacial score (nSPS) is 26.8.